The molecule has 0 amide bonds. The van der Waals surface area contributed by atoms with E-state index in [9.17, 15) is 9.59 Å². The molecule has 2 aromatic heterocycles. The summed E-state index contributed by atoms with van der Waals surface area (Å²) >= 11 is 0. The van der Waals surface area contributed by atoms with Gasteiger partial charge in [-0.05, 0) is 55.5 Å². The third-order valence-corrected chi connectivity index (χ3v) is 6.40. The molecule has 4 rings (SSSR count). The van der Waals surface area contributed by atoms with Crippen molar-refractivity contribution in [1.29, 1.82) is 0 Å². The quantitative estimate of drug-likeness (QED) is 0.206. The Balaban J connectivity index is 1.55. The summed E-state index contributed by atoms with van der Waals surface area (Å²) in [6.07, 6.45) is 2.22. The second-order valence-corrected chi connectivity index (χ2v) is 10.5. The highest BCUT2D eigenvalue weighted by atomic mass is 16.6. The molecular weight excluding hydrogens is 508 g/mol. The molecule has 0 saturated heterocycles. The zero-order chi connectivity index (χ0) is 28.7. The van der Waals surface area contributed by atoms with Crippen molar-refractivity contribution in [1.82, 2.24) is 30.2 Å². The summed E-state index contributed by atoms with van der Waals surface area (Å²) in [5, 5.41) is 14.5. The van der Waals surface area contributed by atoms with E-state index in [4.69, 9.17) is 14.5 Å². The number of tetrazole rings is 1. The van der Waals surface area contributed by atoms with Gasteiger partial charge in [-0.3, -0.25) is 4.79 Å². The van der Waals surface area contributed by atoms with Crippen LogP contribution in [0.3, 0.4) is 0 Å². The molecule has 0 aliphatic rings. The summed E-state index contributed by atoms with van der Waals surface area (Å²) in [6, 6.07) is 16.1. The number of carbonyl (C=O) groups is 2. The van der Waals surface area contributed by atoms with Crippen LogP contribution in [0.15, 0.2) is 48.5 Å². The average Bonchev–Trinajstić information content (AvgIpc) is 3.60. The first-order valence-electron chi connectivity index (χ1n) is 13.6. The van der Waals surface area contributed by atoms with Gasteiger partial charge < -0.3 is 14.0 Å². The molecule has 0 unspecified atom stereocenters. The summed E-state index contributed by atoms with van der Waals surface area (Å²) in [4.78, 5) is 30.0. The lowest BCUT2D eigenvalue weighted by Gasteiger charge is -2.17. The fraction of sp³-hybridized carbons (Fsp3) is 0.400. The Labute approximate surface area is 234 Å². The molecule has 40 heavy (non-hydrogen) atoms. The Bertz CT molecular complexity index is 1440. The van der Waals surface area contributed by atoms with Crippen LogP contribution in [0.25, 0.3) is 22.5 Å². The summed E-state index contributed by atoms with van der Waals surface area (Å²) < 4.78 is 12.7. The number of nitrogens with zero attached hydrogens (tertiary/aromatic N) is 5. The minimum atomic E-state index is -0.613. The summed E-state index contributed by atoms with van der Waals surface area (Å²) in [7, 11) is 0. The third kappa shape index (κ3) is 6.62. The number of carbonyl (C=O) groups excluding carboxylic acids is 2. The van der Waals surface area contributed by atoms with Crippen molar-refractivity contribution in [3.05, 3.63) is 71.3 Å². The number of aromatic nitrogens is 6. The van der Waals surface area contributed by atoms with Crippen LogP contribution in [0.5, 0.6) is 0 Å². The fourth-order valence-electron chi connectivity index (χ4n) is 4.34. The Morgan fingerprint density at radius 1 is 0.950 bits per heavy atom. The van der Waals surface area contributed by atoms with E-state index < -0.39 is 11.4 Å². The maximum absolute atomic E-state index is 13.2. The third-order valence-electron chi connectivity index (χ3n) is 6.40. The van der Waals surface area contributed by atoms with Crippen molar-refractivity contribution in [2.75, 3.05) is 13.2 Å². The number of rotatable bonds is 11. The molecule has 0 bridgehead atoms. The van der Waals surface area contributed by atoms with Crippen LogP contribution in [-0.2, 0) is 33.7 Å². The highest BCUT2D eigenvalue weighted by molar-refractivity contribution is 5.89. The van der Waals surface area contributed by atoms with Crippen LogP contribution >= 0.6 is 0 Å². The van der Waals surface area contributed by atoms with Crippen LogP contribution in [0.1, 0.15) is 68.6 Å². The van der Waals surface area contributed by atoms with E-state index in [1.807, 2.05) is 60.0 Å². The van der Waals surface area contributed by atoms with Crippen LogP contribution < -0.4 is 0 Å². The van der Waals surface area contributed by atoms with Crippen molar-refractivity contribution in [2.45, 2.75) is 60.4 Å². The summed E-state index contributed by atoms with van der Waals surface area (Å²) in [6.45, 7) is 9.85. The van der Waals surface area contributed by atoms with Gasteiger partial charge in [0.2, 0.25) is 5.82 Å². The largest absolute Gasteiger partial charge is 0.462 e. The minimum absolute atomic E-state index is 0.00600. The van der Waals surface area contributed by atoms with Gasteiger partial charge >= 0.3 is 11.9 Å². The maximum Gasteiger partial charge on any atom is 0.357 e. The van der Waals surface area contributed by atoms with E-state index in [-0.39, 0.29) is 19.2 Å². The molecule has 0 aliphatic heterocycles. The minimum Gasteiger partial charge on any atom is -0.462 e. The van der Waals surface area contributed by atoms with Gasteiger partial charge in [-0.2, -0.15) is 5.21 Å². The Morgan fingerprint density at radius 3 is 2.27 bits per heavy atom. The molecule has 2 heterocycles. The number of benzene rings is 2. The van der Waals surface area contributed by atoms with Crippen molar-refractivity contribution in [3.8, 4) is 22.5 Å². The highest BCUT2D eigenvalue weighted by Gasteiger charge is 2.25. The van der Waals surface area contributed by atoms with Gasteiger partial charge in [-0.25, -0.2) is 9.78 Å². The Hall–Kier alpha value is -4.34. The molecule has 0 radical (unpaired) electrons. The number of ether oxygens (including phenoxy) is 2. The van der Waals surface area contributed by atoms with E-state index in [0.717, 1.165) is 40.9 Å². The number of H-pyrrole nitrogens is 1. The van der Waals surface area contributed by atoms with E-state index in [2.05, 4.69) is 27.5 Å². The zero-order valence-corrected chi connectivity index (χ0v) is 23.7. The first-order chi connectivity index (χ1) is 19.2. The van der Waals surface area contributed by atoms with Crippen molar-refractivity contribution in [2.24, 2.45) is 5.41 Å². The lowest BCUT2D eigenvalue weighted by Crippen LogP contribution is -2.25. The maximum atomic E-state index is 13.2. The number of aryl methyl sites for hydroxylation is 2. The van der Waals surface area contributed by atoms with Crippen molar-refractivity contribution < 1.29 is 19.1 Å². The molecular formula is C30H36N6O4. The van der Waals surface area contributed by atoms with Gasteiger partial charge in [0.15, 0.2) is 5.69 Å². The van der Waals surface area contributed by atoms with E-state index in [1.54, 1.807) is 20.8 Å². The molecule has 0 saturated carbocycles. The smallest absolute Gasteiger partial charge is 0.357 e. The number of hydrogen-bond donors (Lipinski definition) is 1. The second-order valence-electron chi connectivity index (χ2n) is 10.5. The predicted molar refractivity (Wildman–Crippen MR) is 150 cm³/mol. The van der Waals surface area contributed by atoms with Crippen LogP contribution in [0.2, 0.25) is 0 Å². The topological polar surface area (TPSA) is 125 Å². The number of aromatic amines is 1. The first kappa shape index (κ1) is 28.7. The highest BCUT2D eigenvalue weighted by Crippen LogP contribution is 2.30. The molecule has 4 aromatic rings. The first-order valence-corrected chi connectivity index (χ1v) is 13.6. The Morgan fingerprint density at radius 2 is 1.65 bits per heavy atom. The van der Waals surface area contributed by atoms with Crippen molar-refractivity contribution in [3.63, 3.8) is 0 Å². The second kappa shape index (κ2) is 12.7. The molecule has 10 heteroatoms. The summed E-state index contributed by atoms with van der Waals surface area (Å²) in [5.74, 6) is 0.573. The van der Waals surface area contributed by atoms with Gasteiger partial charge in [-0.15, -0.1) is 10.2 Å². The molecule has 210 valence electrons. The standard InChI is InChI=1S/C30H36N6O4/c1-6-10-25-31-24(7-2)26(28(37)39-17-18-40-29(38)30(3,4)5)36(25)19-20-13-15-21(16-14-20)22-11-8-9-12-23(22)27-32-34-35-33-27/h8-9,11-16H,6-7,10,17-19H2,1-5H3,(H,32,33,34,35). The molecule has 0 atom stereocenters. The lowest BCUT2D eigenvalue weighted by molar-refractivity contribution is -0.154. The normalized spacial score (nSPS) is 11.4. The molecule has 0 fully saturated rings. The monoisotopic (exact) mass is 544 g/mol. The Kier molecular flexibility index (Phi) is 9.08. The number of esters is 2. The molecule has 0 aliphatic carbocycles. The van der Waals surface area contributed by atoms with E-state index in [0.29, 0.717) is 30.2 Å². The van der Waals surface area contributed by atoms with E-state index in [1.165, 1.54) is 0 Å². The van der Waals surface area contributed by atoms with E-state index >= 15 is 0 Å². The zero-order valence-electron chi connectivity index (χ0n) is 23.7. The van der Waals surface area contributed by atoms with Gasteiger partial charge in [0.1, 0.15) is 19.0 Å². The summed E-state index contributed by atoms with van der Waals surface area (Å²) in [5.41, 5.74) is 4.45. The fourth-order valence-corrected chi connectivity index (χ4v) is 4.34. The van der Waals surface area contributed by atoms with Crippen LogP contribution in [0, 0.1) is 5.41 Å². The molecule has 10 nitrogen and oxygen atoms in total. The average molecular weight is 545 g/mol. The predicted octanol–water partition coefficient (Wildman–Crippen LogP) is 5.04. The lowest BCUT2D eigenvalue weighted by atomic mass is 9.97. The number of hydrogen-bond acceptors (Lipinski definition) is 8. The van der Waals surface area contributed by atoms with Crippen LogP contribution in [-0.4, -0.2) is 55.3 Å². The van der Waals surface area contributed by atoms with Crippen molar-refractivity contribution >= 4 is 11.9 Å². The van der Waals surface area contributed by atoms with Gasteiger partial charge in [0, 0.05) is 18.5 Å². The van der Waals surface area contributed by atoms with Crippen LogP contribution in [0.4, 0.5) is 0 Å². The molecule has 2 aromatic carbocycles. The SMILES string of the molecule is CCCc1nc(CC)c(C(=O)OCCOC(=O)C(C)(C)C)n1Cc1ccc(-c2ccccc2-c2nn[nH]n2)cc1. The molecule has 0 spiro atoms. The van der Waals surface area contributed by atoms with Gasteiger partial charge in [0.05, 0.1) is 11.1 Å². The number of nitrogens with one attached hydrogen (secondary N) is 1. The van der Waals surface area contributed by atoms with Gasteiger partial charge in [0.25, 0.3) is 0 Å². The molecule has 1 N–H and O–H groups in total. The van der Waals surface area contributed by atoms with Gasteiger partial charge in [-0.1, -0.05) is 62.4 Å². The number of imidazole rings is 1.